The molecule has 0 bridgehead atoms. The largest absolute Gasteiger partial charge is 0.340 e. The minimum absolute atomic E-state index is 0.0272. The topological polar surface area (TPSA) is 88.4 Å². The van der Waals surface area contributed by atoms with Gasteiger partial charge in [-0.05, 0) is 49.6 Å². The van der Waals surface area contributed by atoms with Crippen LogP contribution in [0.3, 0.4) is 0 Å². The van der Waals surface area contributed by atoms with Crippen LogP contribution in [0, 0.1) is 17.0 Å². The van der Waals surface area contributed by atoms with Crippen LogP contribution in [0.25, 0.3) is 0 Å². The van der Waals surface area contributed by atoms with Crippen molar-refractivity contribution >= 4 is 28.8 Å². The van der Waals surface area contributed by atoms with Gasteiger partial charge in [-0.3, -0.25) is 14.9 Å². The van der Waals surface area contributed by atoms with Crippen molar-refractivity contribution in [3.8, 4) is 0 Å². The molecule has 0 radical (unpaired) electrons. The third kappa shape index (κ3) is 2.92. The van der Waals surface area contributed by atoms with Crippen LogP contribution in [-0.2, 0) is 11.2 Å². The molecule has 124 valence electrons. The molecule has 24 heavy (non-hydrogen) atoms. The Hall–Kier alpha value is -2.96. The summed E-state index contributed by atoms with van der Waals surface area (Å²) >= 11 is 0. The molecule has 0 unspecified atom stereocenters. The van der Waals surface area contributed by atoms with Gasteiger partial charge in [-0.15, -0.1) is 0 Å². The molecular formula is C17H18N4O3. The summed E-state index contributed by atoms with van der Waals surface area (Å²) in [5.41, 5.74) is 3.59. The van der Waals surface area contributed by atoms with E-state index < -0.39 is 4.92 Å². The van der Waals surface area contributed by atoms with Crippen molar-refractivity contribution in [1.29, 1.82) is 0 Å². The van der Waals surface area contributed by atoms with Crippen LogP contribution in [0.15, 0.2) is 30.5 Å². The van der Waals surface area contributed by atoms with Gasteiger partial charge in [-0.1, -0.05) is 0 Å². The third-order valence-electron chi connectivity index (χ3n) is 4.13. The number of pyridine rings is 1. The monoisotopic (exact) mass is 326 g/mol. The highest BCUT2D eigenvalue weighted by atomic mass is 16.6. The van der Waals surface area contributed by atoms with Gasteiger partial charge in [0.15, 0.2) is 0 Å². The van der Waals surface area contributed by atoms with E-state index in [1.807, 2.05) is 25.1 Å². The summed E-state index contributed by atoms with van der Waals surface area (Å²) in [7, 11) is 0. The first kappa shape index (κ1) is 15.9. The second kappa shape index (κ2) is 6.27. The SMILES string of the molecule is CCN1C(=O)CCc2cc(Nc3ncc([N+](=O)[O-])cc3C)ccc21. The molecule has 7 heteroatoms. The Labute approximate surface area is 139 Å². The smallest absolute Gasteiger partial charge is 0.287 e. The van der Waals surface area contributed by atoms with Crippen LogP contribution in [-0.4, -0.2) is 22.4 Å². The lowest BCUT2D eigenvalue weighted by atomic mass is 10.0. The van der Waals surface area contributed by atoms with E-state index in [2.05, 4.69) is 10.3 Å². The van der Waals surface area contributed by atoms with Crippen molar-refractivity contribution in [3.63, 3.8) is 0 Å². The Balaban J connectivity index is 1.87. The molecule has 0 saturated carbocycles. The van der Waals surface area contributed by atoms with Crippen molar-refractivity contribution in [2.45, 2.75) is 26.7 Å². The molecule has 1 amide bonds. The van der Waals surface area contributed by atoms with Crippen molar-refractivity contribution < 1.29 is 9.72 Å². The molecular weight excluding hydrogens is 308 g/mol. The second-order valence-electron chi connectivity index (χ2n) is 5.72. The quantitative estimate of drug-likeness (QED) is 0.687. The summed E-state index contributed by atoms with van der Waals surface area (Å²) in [6, 6.07) is 7.32. The van der Waals surface area contributed by atoms with Crippen LogP contribution in [0.5, 0.6) is 0 Å². The Morgan fingerprint density at radius 2 is 2.12 bits per heavy atom. The Kier molecular flexibility index (Phi) is 4.16. The van der Waals surface area contributed by atoms with Crippen LogP contribution in [0.1, 0.15) is 24.5 Å². The normalized spacial score (nSPS) is 13.6. The second-order valence-corrected chi connectivity index (χ2v) is 5.72. The highest BCUT2D eigenvalue weighted by Gasteiger charge is 2.22. The highest BCUT2D eigenvalue weighted by molar-refractivity contribution is 5.96. The van der Waals surface area contributed by atoms with Gasteiger partial charge in [0.1, 0.15) is 12.0 Å². The predicted octanol–water partition coefficient (Wildman–Crippen LogP) is 3.34. The van der Waals surface area contributed by atoms with Crippen molar-refractivity contribution in [2.75, 3.05) is 16.8 Å². The number of hydrogen-bond donors (Lipinski definition) is 1. The van der Waals surface area contributed by atoms with E-state index in [1.165, 1.54) is 12.3 Å². The number of nitro groups is 1. The number of amides is 1. The van der Waals surface area contributed by atoms with Crippen LogP contribution < -0.4 is 10.2 Å². The lowest BCUT2D eigenvalue weighted by Crippen LogP contribution is -2.34. The molecule has 1 aromatic heterocycles. The summed E-state index contributed by atoms with van der Waals surface area (Å²) < 4.78 is 0. The molecule has 2 heterocycles. The molecule has 0 aliphatic carbocycles. The van der Waals surface area contributed by atoms with Gasteiger partial charge < -0.3 is 10.2 Å². The van der Waals surface area contributed by atoms with Gasteiger partial charge in [0, 0.05) is 30.4 Å². The van der Waals surface area contributed by atoms with Gasteiger partial charge in [0.05, 0.1) is 4.92 Å². The van der Waals surface area contributed by atoms with Gasteiger partial charge >= 0.3 is 0 Å². The molecule has 1 aliphatic rings. The minimum atomic E-state index is -0.459. The van der Waals surface area contributed by atoms with Crippen molar-refractivity contribution in [1.82, 2.24) is 4.98 Å². The van der Waals surface area contributed by atoms with Gasteiger partial charge in [0.2, 0.25) is 5.91 Å². The number of hydrogen-bond acceptors (Lipinski definition) is 5. The average molecular weight is 326 g/mol. The van der Waals surface area contributed by atoms with Crippen LogP contribution in [0.2, 0.25) is 0 Å². The van der Waals surface area contributed by atoms with Gasteiger partial charge in [-0.25, -0.2) is 4.98 Å². The number of anilines is 3. The Bertz CT molecular complexity index is 819. The summed E-state index contributed by atoms with van der Waals surface area (Å²) in [5, 5.41) is 14.0. The maximum atomic E-state index is 11.9. The molecule has 0 fully saturated rings. The fraction of sp³-hybridized carbons (Fsp3) is 0.294. The van der Waals surface area contributed by atoms with Crippen LogP contribution >= 0.6 is 0 Å². The van der Waals surface area contributed by atoms with Crippen LogP contribution in [0.4, 0.5) is 22.9 Å². The molecule has 7 nitrogen and oxygen atoms in total. The fourth-order valence-corrected chi connectivity index (χ4v) is 2.91. The molecule has 3 rings (SSSR count). The number of fused-ring (bicyclic) bond motifs is 1. The molecule has 1 aliphatic heterocycles. The zero-order valence-electron chi connectivity index (χ0n) is 13.6. The first-order valence-corrected chi connectivity index (χ1v) is 7.81. The summed E-state index contributed by atoms with van der Waals surface area (Å²) in [4.78, 5) is 28.2. The number of aryl methyl sites for hydroxylation is 2. The fourth-order valence-electron chi connectivity index (χ4n) is 2.91. The zero-order chi connectivity index (χ0) is 17.3. The maximum Gasteiger partial charge on any atom is 0.287 e. The maximum absolute atomic E-state index is 11.9. The van der Waals surface area contributed by atoms with Gasteiger partial charge in [0.25, 0.3) is 5.69 Å². The van der Waals surface area contributed by atoms with E-state index >= 15 is 0 Å². The molecule has 0 spiro atoms. The molecule has 2 aromatic rings. The summed E-state index contributed by atoms with van der Waals surface area (Å²) in [6.45, 7) is 4.39. The summed E-state index contributed by atoms with van der Waals surface area (Å²) in [6.07, 6.45) is 2.47. The lowest BCUT2D eigenvalue weighted by Gasteiger charge is -2.28. The first-order valence-electron chi connectivity index (χ1n) is 7.81. The number of aromatic nitrogens is 1. The van der Waals surface area contributed by atoms with E-state index in [4.69, 9.17) is 0 Å². The minimum Gasteiger partial charge on any atom is -0.340 e. The molecule has 0 atom stereocenters. The average Bonchev–Trinajstić information content (AvgIpc) is 2.56. The van der Waals surface area contributed by atoms with Crippen molar-refractivity contribution in [3.05, 3.63) is 51.7 Å². The number of carbonyl (C=O) groups is 1. The van der Waals surface area contributed by atoms with E-state index in [1.54, 1.807) is 11.8 Å². The van der Waals surface area contributed by atoms with E-state index in [-0.39, 0.29) is 11.6 Å². The Morgan fingerprint density at radius 1 is 1.33 bits per heavy atom. The number of rotatable bonds is 4. The lowest BCUT2D eigenvalue weighted by molar-refractivity contribution is -0.385. The molecule has 1 N–H and O–H groups in total. The number of carbonyl (C=O) groups excluding carboxylic acids is 1. The standard InChI is InChI=1S/C17H18N4O3/c1-3-20-15-6-5-13(9-12(15)4-7-16(20)22)19-17-11(2)8-14(10-18-17)21(23)24/h5-6,8-10H,3-4,7H2,1-2H3,(H,18,19). The first-order chi connectivity index (χ1) is 11.5. The number of nitrogens with zero attached hydrogens (tertiary/aromatic N) is 3. The van der Waals surface area contributed by atoms with E-state index in [0.29, 0.717) is 30.8 Å². The van der Waals surface area contributed by atoms with Gasteiger partial charge in [-0.2, -0.15) is 0 Å². The molecule has 1 aromatic carbocycles. The molecule has 0 saturated heterocycles. The number of benzene rings is 1. The van der Waals surface area contributed by atoms with E-state index in [0.717, 1.165) is 16.9 Å². The number of nitrogens with one attached hydrogen (secondary N) is 1. The zero-order valence-corrected chi connectivity index (χ0v) is 13.6. The highest BCUT2D eigenvalue weighted by Crippen LogP contribution is 2.31. The van der Waals surface area contributed by atoms with Crippen molar-refractivity contribution in [2.24, 2.45) is 0 Å². The Morgan fingerprint density at radius 3 is 2.79 bits per heavy atom. The third-order valence-corrected chi connectivity index (χ3v) is 4.13. The van der Waals surface area contributed by atoms with E-state index in [9.17, 15) is 14.9 Å². The summed E-state index contributed by atoms with van der Waals surface area (Å²) in [5.74, 6) is 0.735. The predicted molar refractivity (Wildman–Crippen MR) is 91.7 cm³/mol.